The molecule has 4 rings (SSSR count). The van der Waals surface area contributed by atoms with Crippen LogP contribution in [0.1, 0.15) is 36.4 Å². The summed E-state index contributed by atoms with van der Waals surface area (Å²) in [6.45, 7) is 6.11. The molecule has 1 atom stereocenters. The molecule has 8 nitrogen and oxygen atoms in total. The molecule has 180 valence electrons. The Morgan fingerprint density at radius 3 is 2.50 bits per heavy atom. The maximum absolute atomic E-state index is 12.6. The fourth-order valence-corrected chi connectivity index (χ4v) is 4.63. The van der Waals surface area contributed by atoms with Crippen molar-refractivity contribution in [2.24, 2.45) is 5.92 Å². The topological polar surface area (TPSA) is 98.2 Å². The lowest BCUT2D eigenvalue weighted by molar-refractivity contribution is -0.205. The standard InChI is InChI=1S/C18H26N2O4S.C2HF3O2/c1-13-19-15(10-25-13)9-23-16-4-7-24-18(8-16)11-20(12-18)17(21)14-2-5-22-6-3-14;3-2(4,5)1(6)7/h10,14,16H,2-9,11-12H2,1H3;(H,6,7). The molecule has 3 aliphatic rings. The number of rotatable bonds is 4. The summed E-state index contributed by atoms with van der Waals surface area (Å²) in [7, 11) is 0. The molecule has 4 heterocycles. The minimum atomic E-state index is -5.08. The van der Waals surface area contributed by atoms with Crippen molar-refractivity contribution in [2.75, 3.05) is 32.9 Å². The third kappa shape index (κ3) is 6.63. The average molecular weight is 481 g/mol. The minimum Gasteiger partial charge on any atom is -0.475 e. The number of carbonyl (C=O) groups excluding carboxylic acids is 1. The second kappa shape index (κ2) is 10.4. The number of hydrogen-bond acceptors (Lipinski definition) is 7. The first-order chi connectivity index (χ1) is 15.1. The number of aryl methyl sites for hydroxylation is 1. The van der Waals surface area contributed by atoms with Crippen molar-refractivity contribution in [3.63, 3.8) is 0 Å². The van der Waals surface area contributed by atoms with Crippen molar-refractivity contribution < 1.29 is 42.1 Å². The molecule has 0 aromatic carbocycles. The Bertz CT molecular complexity index is 791. The maximum Gasteiger partial charge on any atom is 0.490 e. The van der Waals surface area contributed by atoms with Crippen LogP contribution < -0.4 is 0 Å². The van der Waals surface area contributed by atoms with Crippen LogP contribution >= 0.6 is 11.3 Å². The van der Waals surface area contributed by atoms with Gasteiger partial charge in [-0.3, -0.25) is 4.79 Å². The number of carbonyl (C=O) groups is 2. The van der Waals surface area contributed by atoms with Crippen molar-refractivity contribution in [3.8, 4) is 0 Å². The van der Waals surface area contributed by atoms with E-state index in [-0.39, 0.29) is 23.5 Å². The number of carboxylic acid groups (broad SMARTS) is 1. The monoisotopic (exact) mass is 480 g/mol. The lowest BCUT2D eigenvalue weighted by Crippen LogP contribution is -2.68. The number of aliphatic carboxylic acids is 1. The van der Waals surface area contributed by atoms with E-state index in [1.165, 1.54) is 0 Å². The number of alkyl halides is 3. The zero-order chi connectivity index (χ0) is 23.4. The predicted octanol–water partition coefficient (Wildman–Crippen LogP) is 2.79. The van der Waals surface area contributed by atoms with Gasteiger partial charge >= 0.3 is 12.1 Å². The van der Waals surface area contributed by atoms with Gasteiger partial charge in [-0.25, -0.2) is 9.78 Å². The first-order valence-electron chi connectivity index (χ1n) is 10.4. The van der Waals surface area contributed by atoms with Crippen LogP contribution in [0.15, 0.2) is 5.38 Å². The van der Waals surface area contributed by atoms with E-state index < -0.39 is 12.1 Å². The van der Waals surface area contributed by atoms with E-state index in [1.54, 1.807) is 11.3 Å². The third-order valence-corrected chi connectivity index (χ3v) is 6.49. The number of aromatic nitrogens is 1. The molecule has 32 heavy (non-hydrogen) atoms. The lowest BCUT2D eigenvalue weighted by Gasteiger charge is -2.53. The molecule has 3 aliphatic heterocycles. The number of amides is 1. The molecule has 3 saturated heterocycles. The van der Waals surface area contributed by atoms with Crippen LogP contribution in [-0.2, 0) is 30.4 Å². The van der Waals surface area contributed by atoms with Gasteiger partial charge in [0.2, 0.25) is 5.91 Å². The quantitative estimate of drug-likeness (QED) is 0.708. The summed E-state index contributed by atoms with van der Waals surface area (Å²) in [4.78, 5) is 27.9. The van der Waals surface area contributed by atoms with Crippen LogP contribution in [-0.4, -0.2) is 77.7 Å². The van der Waals surface area contributed by atoms with Gasteiger partial charge < -0.3 is 24.2 Å². The fourth-order valence-electron chi connectivity index (χ4n) is 4.03. The van der Waals surface area contributed by atoms with E-state index in [4.69, 9.17) is 24.1 Å². The summed E-state index contributed by atoms with van der Waals surface area (Å²) in [5.41, 5.74) is 0.815. The number of halogens is 3. The zero-order valence-corrected chi connectivity index (χ0v) is 18.5. The molecule has 0 saturated carbocycles. The molecule has 3 fully saturated rings. The van der Waals surface area contributed by atoms with Gasteiger partial charge in [-0.1, -0.05) is 0 Å². The van der Waals surface area contributed by atoms with Gasteiger partial charge in [-0.05, 0) is 26.2 Å². The van der Waals surface area contributed by atoms with Crippen LogP contribution in [0.2, 0.25) is 0 Å². The molecule has 0 radical (unpaired) electrons. The van der Waals surface area contributed by atoms with Crippen LogP contribution in [0, 0.1) is 12.8 Å². The number of ether oxygens (including phenoxy) is 3. The zero-order valence-electron chi connectivity index (χ0n) is 17.7. The van der Waals surface area contributed by atoms with Crippen molar-refractivity contribution in [1.82, 2.24) is 9.88 Å². The molecule has 1 aromatic heterocycles. The van der Waals surface area contributed by atoms with Gasteiger partial charge in [-0.2, -0.15) is 13.2 Å². The maximum atomic E-state index is 12.6. The van der Waals surface area contributed by atoms with Gasteiger partial charge in [0.05, 0.1) is 36.5 Å². The number of thiazole rings is 1. The molecule has 0 bridgehead atoms. The van der Waals surface area contributed by atoms with Crippen molar-refractivity contribution in [2.45, 2.75) is 57.1 Å². The molecule has 12 heteroatoms. The van der Waals surface area contributed by atoms with Gasteiger partial charge in [-0.15, -0.1) is 11.3 Å². The molecule has 1 N–H and O–H groups in total. The van der Waals surface area contributed by atoms with Gasteiger partial charge in [0.1, 0.15) is 5.60 Å². The van der Waals surface area contributed by atoms with Gasteiger partial charge in [0, 0.05) is 37.5 Å². The van der Waals surface area contributed by atoms with E-state index >= 15 is 0 Å². The molecule has 1 unspecified atom stereocenters. The largest absolute Gasteiger partial charge is 0.490 e. The summed E-state index contributed by atoms with van der Waals surface area (Å²) in [5, 5.41) is 10.3. The Balaban J connectivity index is 0.000000360. The van der Waals surface area contributed by atoms with E-state index in [0.717, 1.165) is 36.4 Å². The molecule has 1 aromatic rings. The van der Waals surface area contributed by atoms with Crippen molar-refractivity contribution in [3.05, 3.63) is 16.1 Å². The first kappa shape index (κ1) is 24.9. The number of carboxylic acids is 1. The van der Waals surface area contributed by atoms with Crippen LogP contribution in [0.5, 0.6) is 0 Å². The van der Waals surface area contributed by atoms with E-state index in [2.05, 4.69) is 10.4 Å². The Hall–Kier alpha value is -1.76. The Kier molecular flexibility index (Phi) is 8.12. The Morgan fingerprint density at radius 2 is 1.94 bits per heavy atom. The molecule has 0 aliphatic carbocycles. The van der Waals surface area contributed by atoms with Crippen LogP contribution in [0.3, 0.4) is 0 Å². The van der Waals surface area contributed by atoms with E-state index in [9.17, 15) is 18.0 Å². The molecular formula is C20H27F3N2O6S. The highest BCUT2D eigenvalue weighted by molar-refractivity contribution is 7.09. The molecule has 1 amide bonds. The van der Waals surface area contributed by atoms with Gasteiger partial charge in [0.25, 0.3) is 0 Å². The fraction of sp³-hybridized carbons (Fsp3) is 0.750. The minimum absolute atomic E-state index is 0.134. The second-order valence-corrected chi connectivity index (χ2v) is 9.26. The highest BCUT2D eigenvalue weighted by Gasteiger charge is 2.50. The van der Waals surface area contributed by atoms with Gasteiger partial charge in [0.15, 0.2) is 0 Å². The third-order valence-electron chi connectivity index (χ3n) is 5.66. The van der Waals surface area contributed by atoms with Crippen LogP contribution in [0.4, 0.5) is 13.2 Å². The van der Waals surface area contributed by atoms with Crippen molar-refractivity contribution >= 4 is 23.2 Å². The predicted molar refractivity (Wildman–Crippen MR) is 107 cm³/mol. The lowest BCUT2D eigenvalue weighted by atomic mass is 9.83. The normalized spacial score (nSPS) is 23.2. The van der Waals surface area contributed by atoms with Crippen molar-refractivity contribution in [1.29, 1.82) is 0 Å². The second-order valence-electron chi connectivity index (χ2n) is 8.20. The highest BCUT2D eigenvalue weighted by atomic mass is 32.1. The summed E-state index contributed by atoms with van der Waals surface area (Å²) in [6, 6.07) is 0. The molecule has 1 spiro atoms. The first-order valence-corrected chi connectivity index (χ1v) is 11.3. The number of likely N-dealkylation sites (tertiary alicyclic amines) is 1. The summed E-state index contributed by atoms with van der Waals surface area (Å²) < 4.78 is 49.2. The number of hydrogen-bond donors (Lipinski definition) is 1. The summed E-state index contributed by atoms with van der Waals surface area (Å²) in [6.07, 6.45) is -1.41. The van der Waals surface area contributed by atoms with E-state index in [0.29, 0.717) is 39.5 Å². The Labute approximate surface area is 187 Å². The molecular weight excluding hydrogens is 453 g/mol. The Morgan fingerprint density at radius 1 is 1.28 bits per heavy atom. The summed E-state index contributed by atoms with van der Waals surface area (Å²) >= 11 is 1.65. The number of nitrogens with zero attached hydrogens (tertiary/aromatic N) is 2. The smallest absolute Gasteiger partial charge is 0.475 e. The SMILES string of the molecule is Cc1nc(COC2CCOC3(C2)CN(C(=O)C2CCOCC2)C3)cs1.O=C(O)C(F)(F)F. The highest BCUT2D eigenvalue weighted by Crippen LogP contribution is 2.37. The average Bonchev–Trinajstić information content (AvgIpc) is 3.16. The summed E-state index contributed by atoms with van der Waals surface area (Å²) in [5.74, 6) is -2.35. The van der Waals surface area contributed by atoms with Crippen LogP contribution in [0.25, 0.3) is 0 Å². The van der Waals surface area contributed by atoms with E-state index in [1.807, 2.05) is 11.8 Å².